The third-order valence-corrected chi connectivity index (χ3v) is 2.54. The Bertz CT molecular complexity index is 223. The van der Waals surface area contributed by atoms with E-state index in [-0.39, 0.29) is 6.42 Å². The summed E-state index contributed by atoms with van der Waals surface area (Å²) < 4.78 is 35.3. The number of hydrogen-bond donors (Lipinski definition) is 0. The second-order valence-corrected chi connectivity index (χ2v) is 3.47. The Labute approximate surface area is 70.5 Å². The average Bonchev–Trinajstić information content (AvgIpc) is 2.31. The molecule has 0 aromatic rings. The fraction of sp³-hybridized carbons (Fsp3) is 0.667. The number of rotatable bonds is 1. The maximum absolute atomic E-state index is 11.8. The van der Waals surface area contributed by atoms with E-state index in [1.54, 1.807) is 0 Å². The monoisotopic (exact) mass is 198 g/mol. The molecule has 0 aromatic carbocycles. The smallest absolute Gasteiger partial charge is 0.289 e. The van der Waals surface area contributed by atoms with Crippen LogP contribution in [0.15, 0.2) is 0 Å². The van der Waals surface area contributed by atoms with Crippen molar-refractivity contribution in [3.8, 4) is 0 Å². The highest BCUT2D eigenvalue weighted by molar-refractivity contribution is 8.14. The number of thioether (sulfide) groups is 1. The van der Waals surface area contributed by atoms with Gasteiger partial charge in [0.25, 0.3) is 0 Å². The van der Waals surface area contributed by atoms with Crippen molar-refractivity contribution in [2.24, 2.45) is 5.92 Å². The minimum Gasteiger partial charge on any atom is -0.289 e. The van der Waals surface area contributed by atoms with E-state index in [9.17, 15) is 22.8 Å². The molecule has 1 fully saturated rings. The van der Waals surface area contributed by atoms with Crippen molar-refractivity contribution in [2.45, 2.75) is 12.6 Å². The van der Waals surface area contributed by atoms with Crippen LogP contribution in [-0.4, -0.2) is 22.8 Å². The van der Waals surface area contributed by atoms with Gasteiger partial charge in [-0.15, -0.1) is 0 Å². The molecule has 0 radical (unpaired) electrons. The van der Waals surface area contributed by atoms with Gasteiger partial charge in [-0.2, -0.15) is 13.2 Å². The molecule has 6 heteroatoms. The Hall–Kier alpha value is -0.520. The van der Waals surface area contributed by atoms with Gasteiger partial charge in [-0.3, -0.25) is 9.59 Å². The van der Waals surface area contributed by atoms with Crippen molar-refractivity contribution in [3.63, 3.8) is 0 Å². The molecule has 1 saturated heterocycles. The van der Waals surface area contributed by atoms with E-state index in [4.69, 9.17) is 0 Å². The predicted molar refractivity (Wildman–Crippen MR) is 36.6 cm³/mol. The van der Waals surface area contributed by atoms with E-state index >= 15 is 0 Å². The molecule has 1 atom stereocenters. The van der Waals surface area contributed by atoms with Gasteiger partial charge in [0.05, 0.1) is 5.92 Å². The summed E-state index contributed by atoms with van der Waals surface area (Å²) in [6.07, 6.45) is -4.85. The van der Waals surface area contributed by atoms with E-state index in [1.807, 2.05) is 0 Å². The van der Waals surface area contributed by atoms with Gasteiger partial charge in [-0.1, -0.05) is 11.8 Å². The second-order valence-electron chi connectivity index (χ2n) is 2.37. The fourth-order valence-electron chi connectivity index (χ4n) is 0.932. The molecule has 0 bridgehead atoms. The van der Waals surface area contributed by atoms with Crippen molar-refractivity contribution in [1.29, 1.82) is 0 Å². The van der Waals surface area contributed by atoms with Crippen LogP contribution in [-0.2, 0) is 9.59 Å². The fourth-order valence-corrected chi connectivity index (χ4v) is 1.91. The SMILES string of the molecule is O=C1SCCC1C(=O)C(F)(F)F. The highest BCUT2D eigenvalue weighted by Gasteiger charge is 2.47. The third kappa shape index (κ3) is 1.80. The van der Waals surface area contributed by atoms with Gasteiger partial charge in [0.2, 0.25) is 5.78 Å². The number of alkyl halides is 3. The molecule has 0 aromatic heterocycles. The molecule has 1 aliphatic rings. The Kier molecular flexibility index (Phi) is 2.46. The minimum absolute atomic E-state index is 0.0157. The van der Waals surface area contributed by atoms with E-state index in [1.165, 1.54) is 0 Å². The van der Waals surface area contributed by atoms with Gasteiger partial charge >= 0.3 is 6.18 Å². The lowest BCUT2D eigenvalue weighted by molar-refractivity contribution is -0.175. The average molecular weight is 198 g/mol. The molecule has 1 unspecified atom stereocenters. The Morgan fingerprint density at radius 2 is 2.08 bits per heavy atom. The topological polar surface area (TPSA) is 34.1 Å². The summed E-state index contributed by atoms with van der Waals surface area (Å²) in [6, 6.07) is 0. The zero-order chi connectivity index (χ0) is 9.35. The van der Waals surface area contributed by atoms with Gasteiger partial charge in [-0.05, 0) is 6.42 Å². The molecular formula is C6H5F3O2S. The number of halogens is 3. The maximum Gasteiger partial charge on any atom is 0.450 e. The van der Waals surface area contributed by atoms with Gasteiger partial charge in [0.1, 0.15) is 0 Å². The quantitative estimate of drug-likeness (QED) is 0.597. The third-order valence-electron chi connectivity index (χ3n) is 1.53. The van der Waals surface area contributed by atoms with Crippen LogP contribution in [0.1, 0.15) is 6.42 Å². The zero-order valence-corrected chi connectivity index (χ0v) is 6.67. The van der Waals surface area contributed by atoms with E-state index in [2.05, 4.69) is 0 Å². The standard InChI is InChI=1S/C6H5F3O2S/c7-6(8,9)4(10)3-1-2-12-5(3)11/h3H,1-2H2. The Balaban J connectivity index is 2.71. The van der Waals surface area contributed by atoms with Crippen molar-refractivity contribution in [1.82, 2.24) is 0 Å². The summed E-state index contributed by atoms with van der Waals surface area (Å²) >= 11 is 0.790. The Morgan fingerprint density at radius 3 is 2.42 bits per heavy atom. The number of hydrogen-bond acceptors (Lipinski definition) is 3. The van der Waals surface area contributed by atoms with E-state index in [0.717, 1.165) is 11.8 Å². The van der Waals surface area contributed by atoms with Crippen LogP contribution in [0.4, 0.5) is 13.2 Å². The van der Waals surface area contributed by atoms with Crippen LogP contribution in [0.5, 0.6) is 0 Å². The van der Waals surface area contributed by atoms with Gasteiger partial charge < -0.3 is 0 Å². The maximum atomic E-state index is 11.8. The first kappa shape index (κ1) is 9.57. The van der Waals surface area contributed by atoms with Crippen LogP contribution in [0.2, 0.25) is 0 Å². The first-order valence-electron chi connectivity index (χ1n) is 3.20. The largest absolute Gasteiger partial charge is 0.450 e. The lowest BCUT2D eigenvalue weighted by atomic mass is 10.0. The predicted octanol–water partition coefficient (Wildman–Crippen LogP) is 1.40. The van der Waals surface area contributed by atoms with E-state index < -0.39 is 23.0 Å². The number of carbonyl (C=O) groups is 2. The molecule has 1 aliphatic heterocycles. The molecule has 1 heterocycles. The normalized spacial score (nSPS) is 24.6. The summed E-state index contributed by atoms with van der Waals surface area (Å²) in [5.41, 5.74) is 0. The van der Waals surface area contributed by atoms with Crippen molar-refractivity contribution >= 4 is 22.7 Å². The molecule has 0 spiro atoms. The summed E-state index contributed by atoms with van der Waals surface area (Å²) in [6.45, 7) is 0. The molecule has 0 saturated carbocycles. The zero-order valence-electron chi connectivity index (χ0n) is 5.85. The summed E-state index contributed by atoms with van der Waals surface area (Å²) in [7, 11) is 0. The number of carbonyl (C=O) groups excluding carboxylic acids is 2. The van der Waals surface area contributed by atoms with Crippen LogP contribution >= 0.6 is 11.8 Å². The number of Topliss-reactive ketones (excluding diaryl/α,β-unsaturated/α-hetero) is 1. The van der Waals surface area contributed by atoms with Crippen molar-refractivity contribution < 1.29 is 22.8 Å². The molecular weight excluding hydrogens is 193 g/mol. The first-order valence-corrected chi connectivity index (χ1v) is 4.19. The number of ketones is 1. The second kappa shape index (κ2) is 3.08. The van der Waals surface area contributed by atoms with Crippen LogP contribution in [0.3, 0.4) is 0 Å². The highest BCUT2D eigenvalue weighted by atomic mass is 32.2. The summed E-state index contributed by atoms with van der Waals surface area (Å²) in [5.74, 6) is -3.04. The van der Waals surface area contributed by atoms with Gasteiger partial charge in [0, 0.05) is 5.75 Å². The van der Waals surface area contributed by atoms with E-state index in [0.29, 0.717) is 5.75 Å². The molecule has 68 valence electrons. The van der Waals surface area contributed by atoms with Crippen LogP contribution < -0.4 is 0 Å². The molecule has 12 heavy (non-hydrogen) atoms. The van der Waals surface area contributed by atoms with Crippen molar-refractivity contribution in [2.75, 3.05) is 5.75 Å². The first-order chi connectivity index (χ1) is 5.43. The van der Waals surface area contributed by atoms with Gasteiger partial charge in [0.15, 0.2) is 5.12 Å². The molecule has 0 aliphatic carbocycles. The summed E-state index contributed by atoms with van der Waals surface area (Å²) in [5, 5.41) is -0.655. The molecule has 0 amide bonds. The minimum atomic E-state index is -4.87. The molecule has 2 nitrogen and oxygen atoms in total. The Morgan fingerprint density at radius 1 is 1.50 bits per heavy atom. The lowest BCUT2D eigenvalue weighted by Crippen LogP contribution is -2.32. The van der Waals surface area contributed by atoms with Crippen molar-refractivity contribution in [3.05, 3.63) is 0 Å². The lowest BCUT2D eigenvalue weighted by Gasteiger charge is -2.08. The van der Waals surface area contributed by atoms with Crippen LogP contribution in [0.25, 0.3) is 0 Å². The molecule has 0 N–H and O–H groups in total. The van der Waals surface area contributed by atoms with Crippen LogP contribution in [0, 0.1) is 5.92 Å². The molecule has 1 rings (SSSR count). The van der Waals surface area contributed by atoms with Gasteiger partial charge in [-0.25, -0.2) is 0 Å². The summed E-state index contributed by atoms with van der Waals surface area (Å²) in [4.78, 5) is 21.2. The highest BCUT2D eigenvalue weighted by Crippen LogP contribution is 2.32.